The largest absolute Gasteiger partial charge is 0.354 e. The summed E-state index contributed by atoms with van der Waals surface area (Å²) < 4.78 is 0. The second-order valence-corrected chi connectivity index (χ2v) is 9.06. The van der Waals surface area contributed by atoms with Gasteiger partial charge in [0.05, 0.1) is 17.2 Å². The Kier molecular flexibility index (Phi) is 5.79. The molecule has 0 bridgehead atoms. The third kappa shape index (κ3) is 4.40. The molecule has 2 saturated heterocycles. The summed E-state index contributed by atoms with van der Waals surface area (Å²) in [6, 6.07) is 14.5. The number of anilines is 1. The maximum Gasteiger partial charge on any atom is 0.147 e. The highest BCUT2D eigenvalue weighted by atomic mass is 35.5. The van der Waals surface area contributed by atoms with Gasteiger partial charge in [0.25, 0.3) is 0 Å². The SMILES string of the molecule is Clc1ccc(CN2CCN([C@@H]3CCN(c4cnc5ccc(Cl)cc5n4)C3)CC2)cc1. The second-order valence-electron chi connectivity index (χ2n) is 8.19. The highest BCUT2D eigenvalue weighted by molar-refractivity contribution is 6.31. The number of halogens is 2. The van der Waals surface area contributed by atoms with Gasteiger partial charge in [-0.05, 0) is 42.3 Å². The van der Waals surface area contributed by atoms with Crippen LogP contribution >= 0.6 is 23.2 Å². The van der Waals surface area contributed by atoms with Crippen molar-refractivity contribution in [3.05, 3.63) is 64.3 Å². The van der Waals surface area contributed by atoms with Crippen molar-refractivity contribution in [3.8, 4) is 0 Å². The van der Waals surface area contributed by atoms with E-state index in [9.17, 15) is 0 Å². The molecular weight excluding hydrogens is 417 g/mol. The lowest BCUT2D eigenvalue weighted by Crippen LogP contribution is -2.50. The molecule has 30 heavy (non-hydrogen) atoms. The highest BCUT2D eigenvalue weighted by Crippen LogP contribution is 2.25. The normalized spacial score (nSPS) is 20.9. The van der Waals surface area contributed by atoms with Crippen LogP contribution in [0, 0.1) is 0 Å². The molecule has 0 spiro atoms. The molecule has 7 heteroatoms. The van der Waals surface area contributed by atoms with Crippen LogP contribution in [0.5, 0.6) is 0 Å². The average Bonchev–Trinajstić information content (AvgIpc) is 3.26. The first-order valence-corrected chi connectivity index (χ1v) is 11.3. The standard InChI is InChI=1S/C23H25Cl2N5/c24-18-3-1-17(2-4-18)15-28-9-11-29(12-10-28)20-7-8-30(16-20)23-14-26-21-6-5-19(25)13-22(21)27-23/h1-6,13-14,20H,7-12,15-16H2/t20-/m1/s1. The minimum Gasteiger partial charge on any atom is -0.354 e. The highest BCUT2D eigenvalue weighted by Gasteiger charge is 2.30. The Bertz CT molecular complexity index is 1020. The van der Waals surface area contributed by atoms with E-state index in [1.807, 2.05) is 36.5 Å². The first-order valence-electron chi connectivity index (χ1n) is 10.5. The van der Waals surface area contributed by atoms with Gasteiger partial charge in [0, 0.05) is 61.9 Å². The molecule has 2 aliphatic rings. The number of piperazine rings is 1. The Balaban J connectivity index is 1.17. The van der Waals surface area contributed by atoms with Crippen molar-refractivity contribution < 1.29 is 0 Å². The smallest absolute Gasteiger partial charge is 0.147 e. The number of hydrogen-bond acceptors (Lipinski definition) is 5. The number of nitrogens with zero attached hydrogens (tertiary/aromatic N) is 5. The van der Waals surface area contributed by atoms with Crippen molar-refractivity contribution in [1.82, 2.24) is 19.8 Å². The Labute approximate surface area is 187 Å². The Morgan fingerprint density at radius 2 is 1.63 bits per heavy atom. The number of aromatic nitrogens is 2. The minimum atomic E-state index is 0.583. The van der Waals surface area contributed by atoms with Gasteiger partial charge in [-0.1, -0.05) is 35.3 Å². The predicted molar refractivity (Wildman–Crippen MR) is 123 cm³/mol. The van der Waals surface area contributed by atoms with Gasteiger partial charge in [-0.25, -0.2) is 4.98 Å². The van der Waals surface area contributed by atoms with E-state index in [-0.39, 0.29) is 0 Å². The van der Waals surface area contributed by atoms with E-state index >= 15 is 0 Å². The van der Waals surface area contributed by atoms with Crippen LogP contribution in [0.4, 0.5) is 5.82 Å². The van der Waals surface area contributed by atoms with E-state index < -0.39 is 0 Å². The molecule has 0 radical (unpaired) electrons. The van der Waals surface area contributed by atoms with Crippen molar-refractivity contribution in [2.75, 3.05) is 44.2 Å². The Morgan fingerprint density at radius 3 is 2.43 bits per heavy atom. The van der Waals surface area contributed by atoms with Crippen LogP contribution in [-0.2, 0) is 6.54 Å². The fraction of sp³-hybridized carbons (Fsp3) is 0.391. The summed E-state index contributed by atoms with van der Waals surface area (Å²) in [4.78, 5) is 16.9. The zero-order valence-corrected chi connectivity index (χ0v) is 18.4. The van der Waals surface area contributed by atoms with Crippen molar-refractivity contribution in [2.24, 2.45) is 0 Å². The zero-order valence-electron chi connectivity index (χ0n) is 16.8. The summed E-state index contributed by atoms with van der Waals surface area (Å²) in [5.41, 5.74) is 3.07. The van der Waals surface area contributed by atoms with E-state index in [1.54, 1.807) is 0 Å². The summed E-state index contributed by atoms with van der Waals surface area (Å²) in [5, 5.41) is 1.50. The van der Waals surface area contributed by atoms with E-state index in [0.29, 0.717) is 11.1 Å². The molecule has 0 unspecified atom stereocenters. The van der Waals surface area contributed by atoms with Crippen LogP contribution in [0.25, 0.3) is 11.0 Å². The first-order chi connectivity index (χ1) is 14.6. The fourth-order valence-corrected chi connectivity index (χ4v) is 4.80. The van der Waals surface area contributed by atoms with Gasteiger partial charge in [-0.3, -0.25) is 14.8 Å². The maximum absolute atomic E-state index is 6.13. The quantitative estimate of drug-likeness (QED) is 0.601. The summed E-state index contributed by atoms with van der Waals surface area (Å²) in [7, 11) is 0. The summed E-state index contributed by atoms with van der Waals surface area (Å²) in [6.07, 6.45) is 3.06. The molecule has 0 saturated carbocycles. The van der Waals surface area contributed by atoms with Gasteiger partial charge >= 0.3 is 0 Å². The first kappa shape index (κ1) is 20.0. The average molecular weight is 442 g/mol. The Morgan fingerprint density at radius 1 is 0.867 bits per heavy atom. The lowest BCUT2D eigenvalue weighted by Gasteiger charge is -2.38. The topological polar surface area (TPSA) is 35.5 Å². The third-order valence-electron chi connectivity index (χ3n) is 6.22. The number of rotatable bonds is 4. The van der Waals surface area contributed by atoms with Crippen molar-refractivity contribution in [3.63, 3.8) is 0 Å². The summed E-state index contributed by atoms with van der Waals surface area (Å²) in [5.74, 6) is 0.952. The van der Waals surface area contributed by atoms with Crippen molar-refractivity contribution in [2.45, 2.75) is 19.0 Å². The van der Waals surface area contributed by atoms with Crippen LogP contribution < -0.4 is 4.90 Å². The molecule has 2 aromatic carbocycles. The molecule has 3 aromatic rings. The van der Waals surface area contributed by atoms with Crippen LogP contribution in [0.1, 0.15) is 12.0 Å². The van der Waals surface area contributed by atoms with Gasteiger partial charge in [-0.15, -0.1) is 0 Å². The number of hydrogen-bond donors (Lipinski definition) is 0. The number of fused-ring (bicyclic) bond motifs is 1. The lowest BCUT2D eigenvalue weighted by atomic mass is 10.1. The van der Waals surface area contributed by atoms with Crippen LogP contribution in [-0.4, -0.2) is 65.1 Å². The molecule has 5 nitrogen and oxygen atoms in total. The molecule has 3 heterocycles. The van der Waals surface area contributed by atoms with Crippen molar-refractivity contribution >= 4 is 40.1 Å². The van der Waals surface area contributed by atoms with E-state index in [0.717, 1.165) is 67.7 Å². The van der Waals surface area contributed by atoms with Crippen LogP contribution in [0.3, 0.4) is 0 Å². The molecule has 0 N–H and O–H groups in total. The third-order valence-corrected chi connectivity index (χ3v) is 6.71. The molecular formula is C23H25Cl2N5. The predicted octanol–water partition coefficient (Wildman–Crippen LogP) is 4.33. The van der Waals surface area contributed by atoms with Gasteiger partial charge in [-0.2, -0.15) is 0 Å². The van der Waals surface area contributed by atoms with E-state index in [1.165, 1.54) is 12.0 Å². The van der Waals surface area contributed by atoms with Crippen molar-refractivity contribution in [1.29, 1.82) is 0 Å². The summed E-state index contributed by atoms with van der Waals surface area (Å²) >= 11 is 12.1. The zero-order chi connectivity index (χ0) is 20.5. The maximum atomic E-state index is 6.13. The molecule has 2 fully saturated rings. The molecule has 156 valence electrons. The molecule has 1 aromatic heterocycles. The molecule has 2 aliphatic heterocycles. The lowest BCUT2D eigenvalue weighted by molar-refractivity contribution is 0.0987. The van der Waals surface area contributed by atoms with Gasteiger partial charge < -0.3 is 4.90 Å². The Hall–Kier alpha value is -1.92. The van der Waals surface area contributed by atoms with Gasteiger partial charge in [0.2, 0.25) is 0 Å². The molecule has 0 aliphatic carbocycles. The van der Waals surface area contributed by atoms with E-state index in [2.05, 4.69) is 31.8 Å². The minimum absolute atomic E-state index is 0.583. The van der Waals surface area contributed by atoms with Crippen LogP contribution in [0.15, 0.2) is 48.7 Å². The monoisotopic (exact) mass is 441 g/mol. The fourth-order valence-electron chi connectivity index (χ4n) is 4.51. The summed E-state index contributed by atoms with van der Waals surface area (Å²) in [6.45, 7) is 7.47. The molecule has 1 atom stereocenters. The van der Waals surface area contributed by atoms with Gasteiger partial charge in [0.1, 0.15) is 5.82 Å². The van der Waals surface area contributed by atoms with Crippen LogP contribution in [0.2, 0.25) is 10.0 Å². The van der Waals surface area contributed by atoms with Gasteiger partial charge in [0.15, 0.2) is 0 Å². The van der Waals surface area contributed by atoms with E-state index in [4.69, 9.17) is 28.2 Å². The number of benzene rings is 2. The second kappa shape index (κ2) is 8.67. The molecule has 0 amide bonds. The molecule has 5 rings (SSSR count).